The number of hydrogen-bond donors (Lipinski definition) is 1. The monoisotopic (exact) mass is 320 g/mol. The van der Waals surface area contributed by atoms with Gasteiger partial charge in [0.05, 0.1) is 0 Å². The molecule has 0 atom stereocenters. The summed E-state index contributed by atoms with van der Waals surface area (Å²) in [5.41, 5.74) is -0.262. The van der Waals surface area contributed by atoms with E-state index in [4.69, 9.17) is 0 Å². The summed E-state index contributed by atoms with van der Waals surface area (Å²) in [5, 5.41) is 2.89. The van der Waals surface area contributed by atoms with Gasteiger partial charge in [0, 0.05) is 31.2 Å². The SMILES string of the molecule is CC(C)NCc1c(F)ccc(S(=O)(=O)N(C)C(C)C)c1F. The van der Waals surface area contributed by atoms with Crippen LogP contribution in [0.1, 0.15) is 33.3 Å². The summed E-state index contributed by atoms with van der Waals surface area (Å²) in [6.07, 6.45) is 0. The van der Waals surface area contributed by atoms with Gasteiger partial charge in [-0.1, -0.05) is 13.8 Å². The molecule has 0 heterocycles. The van der Waals surface area contributed by atoms with Crippen molar-refractivity contribution in [2.75, 3.05) is 7.05 Å². The Hall–Kier alpha value is -1.05. The molecule has 0 fully saturated rings. The molecular weight excluding hydrogens is 298 g/mol. The van der Waals surface area contributed by atoms with Crippen LogP contribution in [0.2, 0.25) is 0 Å². The van der Waals surface area contributed by atoms with Crippen molar-refractivity contribution in [2.24, 2.45) is 0 Å². The van der Waals surface area contributed by atoms with Crippen LogP contribution in [0, 0.1) is 11.6 Å². The van der Waals surface area contributed by atoms with Gasteiger partial charge in [0.1, 0.15) is 10.7 Å². The standard InChI is InChI=1S/C14H22F2N2O2S/c1-9(2)17-8-11-12(15)6-7-13(14(11)16)21(19,20)18(5)10(3)4/h6-7,9-10,17H,8H2,1-5H3. The summed E-state index contributed by atoms with van der Waals surface area (Å²) < 4.78 is 53.9. The predicted molar refractivity (Wildman–Crippen MR) is 78.4 cm³/mol. The minimum Gasteiger partial charge on any atom is -0.310 e. The van der Waals surface area contributed by atoms with E-state index in [9.17, 15) is 17.2 Å². The van der Waals surface area contributed by atoms with Gasteiger partial charge in [0.2, 0.25) is 10.0 Å². The van der Waals surface area contributed by atoms with Crippen LogP contribution in [0.4, 0.5) is 8.78 Å². The second-order valence-electron chi connectivity index (χ2n) is 5.49. The van der Waals surface area contributed by atoms with Gasteiger partial charge in [0.15, 0.2) is 5.82 Å². The lowest BCUT2D eigenvalue weighted by molar-refractivity contribution is 0.405. The van der Waals surface area contributed by atoms with Crippen LogP contribution < -0.4 is 5.32 Å². The Bertz CT molecular complexity index is 601. The molecule has 0 aliphatic carbocycles. The molecule has 1 aromatic carbocycles. The third-order valence-corrected chi connectivity index (χ3v) is 5.27. The Morgan fingerprint density at radius 1 is 1.19 bits per heavy atom. The number of rotatable bonds is 6. The minimum absolute atomic E-state index is 0.0300. The first kappa shape index (κ1) is 18.0. The van der Waals surface area contributed by atoms with E-state index in [1.165, 1.54) is 7.05 Å². The third kappa shape index (κ3) is 3.99. The van der Waals surface area contributed by atoms with Crippen molar-refractivity contribution in [3.05, 3.63) is 29.3 Å². The largest absolute Gasteiger partial charge is 0.310 e. The maximum atomic E-state index is 14.4. The van der Waals surface area contributed by atoms with Gasteiger partial charge in [-0.15, -0.1) is 0 Å². The van der Waals surface area contributed by atoms with Gasteiger partial charge in [0.25, 0.3) is 0 Å². The van der Waals surface area contributed by atoms with E-state index in [0.717, 1.165) is 16.4 Å². The number of nitrogens with one attached hydrogen (secondary N) is 1. The first-order chi connectivity index (χ1) is 9.59. The van der Waals surface area contributed by atoms with Gasteiger partial charge in [-0.2, -0.15) is 4.31 Å². The molecule has 120 valence electrons. The summed E-state index contributed by atoms with van der Waals surface area (Å²) in [5.74, 6) is -1.79. The first-order valence-electron chi connectivity index (χ1n) is 6.77. The number of halogens is 2. The fourth-order valence-corrected chi connectivity index (χ4v) is 3.13. The average Bonchev–Trinajstić information content (AvgIpc) is 2.36. The Labute approximate surface area is 125 Å². The van der Waals surface area contributed by atoms with Crippen molar-refractivity contribution >= 4 is 10.0 Å². The van der Waals surface area contributed by atoms with Crippen LogP contribution in [-0.4, -0.2) is 31.9 Å². The highest BCUT2D eigenvalue weighted by atomic mass is 32.2. The summed E-state index contributed by atoms with van der Waals surface area (Å²) in [6, 6.07) is 1.67. The van der Waals surface area contributed by atoms with Crippen molar-refractivity contribution < 1.29 is 17.2 Å². The lowest BCUT2D eigenvalue weighted by Crippen LogP contribution is -2.34. The highest BCUT2D eigenvalue weighted by molar-refractivity contribution is 7.89. The quantitative estimate of drug-likeness (QED) is 0.876. The second-order valence-corrected chi connectivity index (χ2v) is 7.45. The van der Waals surface area contributed by atoms with Crippen molar-refractivity contribution in [2.45, 2.75) is 51.2 Å². The zero-order valence-corrected chi connectivity index (χ0v) is 13.8. The van der Waals surface area contributed by atoms with E-state index in [1.54, 1.807) is 13.8 Å². The van der Waals surface area contributed by atoms with Crippen molar-refractivity contribution in [3.8, 4) is 0 Å². The van der Waals surface area contributed by atoms with Gasteiger partial charge < -0.3 is 5.32 Å². The smallest absolute Gasteiger partial charge is 0.245 e. The van der Waals surface area contributed by atoms with Crippen LogP contribution in [0.15, 0.2) is 17.0 Å². The van der Waals surface area contributed by atoms with Crippen molar-refractivity contribution in [3.63, 3.8) is 0 Å². The lowest BCUT2D eigenvalue weighted by Gasteiger charge is -2.22. The molecule has 0 amide bonds. The minimum atomic E-state index is -3.98. The van der Waals surface area contributed by atoms with Crippen LogP contribution in [0.5, 0.6) is 0 Å². The number of sulfonamides is 1. The molecule has 0 aliphatic heterocycles. The molecule has 0 radical (unpaired) electrons. The van der Waals surface area contributed by atoms with E-state index >= 15 is 0 Å². The molecule has 0 bridgehead atoms. The molecule has 1 rings (SSSR count). The maximum Gasteiger partial charge on any atom is 0.245 e. The Kier molecular flexibility index (Phi) is 5.83. The van der Waals surface area contributed by atoms with E-state index < -0.39 is 26.6 Å². The Morgan fingerprint density at radius 3 is 2.24 bits per heavy atom. The van der Waals surface area contributed by atoms with Gasteiger partial charge in [-0.05, 0) is 26.0 Å². The van der Waals surface area contributed by atoms with Crippen LogP contribution in [0.25, 0.3) is 0 Å². The summed E-state index contributed by atoms with van der Waals surface area (Å²) in [4.78, 5) is -0.499. The van der Waals surface area contributed by atoms with E-state index in [1.807, 2.05) is 13.8 Å². The zero-order valence-electron chi connectivity index (χ0n) is 12.9. The Balaban J connectivity index is 3.30. The van der Waals surface area contributed by atoms with Gasteiger partial charge in [-0.3, -0.25) is 0 Å². The summed E-state index contributed by atoms with van der Waals surface area (Å²) in [6.45, 7) is 6.97. The zero-order chi connectivity index (χ0) is 16.4. The number of benzene rings is 1. The van der Waals surface area contributed by atoms with Crippen molar-refractivity contribution in [1.82, 2.24) is 9.62 Å². The molecule has 0 spiro atoms. The van der Waals surface area contributed by atoms with Crippen molar-refractivity contribution in [1.29, 1.82) is 0 Å². The molecule has 4 nitrogen and oxygen atoms in total. The summed E-state index contributed by atoms with van der Waals surface area (Å²) in [7, 11) is -2.61. The molecule has 21 heavy (non-hydrogen) atoms. The van der Waals surface area contributed by atoms with Crippen LogP contribution >= 0.6 is 0 Å². The highest BCUT2D eigenvalue weighted by Crippen LogP contribution is 2.24. The maximum absolute atomic E-state index is 14.4. The predicted octanol–water partition coefficient (Wildman–Crippen LogP) is 2.49. The van der Waals surface area contributed by atoms with E-state index in [2.05, 4.69) is 5.32 Å². The van der Waals surface area contributed by atoms with Crippen LogP contribution in [0.3, 0.4) is 0 Å². The normalized spacial score (nSPS) is 12.7. The highest BCUT2D eigenvalue weighted by Gasteiger charge is 2.28. The third-order valence-electron chi connectivity index (χ3n) is 3.22. The molecule has 0 saturated carbocycles. The fourth-order valence-electron chi connectivity index (χ4n) is 1.68. The summed E-state index contributed by atoms with van der Waals surface area (Å²) >= 11 is 0. The fraction of sp³-hybridized carbons (Fsp3) is 0.571. The van der Waals surface area contributed by atoms with Gasteiger partial charge in [-0.25, -0.2) is 17.2 Å². The molecule has 0 aromatic heterocycles. The molecule has 0 saturated heterocycles. The van der Waals surface area contributed by atoms with Gasteiger partial charge >= 0.3 is 0 Å². The van der Waals surface area contributed by atoms with E-state index in [-0.39, 0.29) is 24.2 Å². The molecule has 1 aromatic rings. The topological polar surface area (TPSA) is 49.4 Å². The van der Waals surface area contributed by atoms with E-state index in [0.29, 0.717) is 0 Å². The Morgan fingerprint density at radius 2 is 1.76 bits per heavy atom. The average molecular weight is 320 g/mol. The van der Waals surface area contributed by atoms with Crippen LogP contribution in [-0.2, 0) is 16.6 Å². The molecular formula is C14H22F2N2O2S. The molecule has 7 heteroatoms. The first-order valence-corrected chi connectivity index (χ1v) is 8.21. The molecule has 1 N–H and O–H groups in total. The number of hydrogen-bond acceptors (Lipinski definition) is 3. The number of nitrogens with zero attached hydrogens (tertiary/aromatic N) is 1. The second kappa shape index (κ2) is 6.81. The molecule has 0 aliphatic rings. The molecule has 0 unspecified atom stereocenters. The lowest BCUT2D eigenvalue weighted by atomic mass is 10.2.